The highest BCUT2D eigenvalue weighted by Gasteiger charge is 2.06. The number of hydrogen-bond donors (Lipinski definition) is 0. The van der Waals surface area contributed by atoms with E-state index in [4.69, 9.17) is 14.2 Å². The Morgan fingerprint density at radius 1 is 1.15 bits per heavy atom. The van der Waals surface area contributed by atoms with Gasteiger partial charge in [-0.1, -0.05) is 6.07 Å². The minimum atomic E-state index is -0.517. The third kappa shape index (κ3) is 5.34. The van der Waals surface area contributed by atoms with Crippen molar-refractivity contribution >= 4 is 17.7 Å². The van der Waals surface area contributed by atoms with Crippen molar-refractivity contribution in [1.29, 1.82) is 0 Å². The topological polar surface area (TPSA) is 87.9 Å². The highest BCUT2D eigenvalue weighted by atomic mass is 16.6. The van der Waals surface area contributed by atoms with Crippen LogP contribution in [0.4, 0.5) is 5.69 Å². The van der Waals surface area contributed by atoms with Crippen LogP contribution < -0.4 is 9.47 Å². The lowest BCUT2D eigenvalue weighted by Gasteiger charge is -2.09. The number of carbonyl (C=O) groups excluding carboxylic acids is 1. The lowest BCUT2D eigenvalue weighted by molar-refractivity contribution is -0.384. The van der Waals surface area contributed by atoms with Crippen molar-refractivity contribution in [2.24, 2.45) is 0 Å². The molecule has 0 fully saturated rings. The fourth-order valence-electron chi connectivity index (χ4n) is 2.15. The highest BCUT2D eigenvalue weighted by molar-refractivity contribution is 5.87. The van der Waals surface area contributed by atoms with Crippen LogP contribution in [0.2, 0.25) is 0 Å². The van der Waals surface area contributed by atoms with Gasteiger partial charge in [0.2, 0.25) is 0 Å². The van der Waals surface area contributed by atoms with Gasteiger partial charge in [-0.3, -0.25) is 10.1 Å². The molecule has 0 saturated heterocycles. The Kier molecular flexibility index (Phi) is 6.73. The zero-order valence-corrected chi connectivity index (χ0v) is 14.5. The molecule has 0 unspecified atom stereocenters. The Morgan fingerprint density at radius 3 is 2.50 bits per heavy atom. The Balaban J connectivity index is 1.94. The minimum Gasteiger partial charge on any atom is -0.493 e. The summed E-state index contributed by atoms with van der Waals surface area (Å²) in [4.78, 5) is 21.9. The molecule has 7 nitrogen and oxygen atoms in total. The van der Waals surface area contributed by atoms with Crippen LogP contribution in [0.1, 0.15) is 18.1 Å². The molecule has 2 rings (SSSR count). The second-order valence-electron chi connectivity index (χ2n) is 5.21. The molecule has 26 heavy (non-hydrogen) atoms. The fourth-order valence-corrected chi connectivity index (χ4v) is 2.15. The standard InChI is InChI=1S/C19H19NO6/c1-3-25-18-12-14(6-10-17(18)24-2)7-11-19(21)26-13-15-4-8-16(9-5-15)20(22)23/h4-12H,3,13H2,1-2H3/b11-7+. The van der Waals surface area contributed by atoms with Crippen molar-refractivity contribution < 1.29 is 23.9 Å². The van der Waals surface area contributed by atoms with Crippen LogP contribution in [0.5, 0.6) is 11.5 Å². The van der Waals surface area contributed by atoms with E-state index in [9.17, 15) is 14.9 Å². The van der Waals surface area contributed by atoms with Crippen molar-refractivity contribution in [2.45, 2.75) is 13.5 Å². The maximum atomic E-state index is 11.8. The SMILES string of the molecule is CCOc1cc(/C=C/C(=O)OCc2ccc([N+](=O)[O-])cc2)ccc1OC. The zero-order chi connectivity index (χ0) is 18.9. The number of non-ortho nitro benzene ring substituents is 1. The number of nitro benzene ring substituents is 1. The number of ether oxygens (including phenoxy) is 3. The third-order valence-corrected chi connectivity index (χ3v) is 3.43. The molecule has 2 aromatic carbocycles. The van der Waals surface area contributed by atoms with Gasteiger partial charge in [0.15, 0.2) is 11.5 Å². The Morgan fingerprint density at radius 2 is 1.88 bits per heavy atom. The van der Waals surface area contributed by atoms with Gasteiger partial charge < -0.3 is 14.2 Å². The van der Waals surface area contributed by atoms with Gasteiger partial charge in [-0.05, 0) is 48.4 Å². The molecule has 136 valence electrons. The van der Waals surface area contributed by atoms with Crippen LogP contribution in [-0.4, -0.2) is 24.6 Å². The van der Waals surface area contributed by atoms with Crippen molar-refractivity contribution in [2.75, 3.05) is 13.7 Å². The summed E-state index contributed by atoms with van der Waals surface area (Å²) in [6.45, 7) is 2.41. The normalized spacial score (nSPS) is 10.5. The van der Waals surface area contributed by atoms with Crippen LogP contribution in [0.25, 0.3) is 6.08 Å². The molecular weight excluding hydrogens is 338 g/mol. The molecule has 0 heterocycles. The van der Waals surface area contributed by atoms with Gasteiger partial charge >= 0.3 is 5.97 Å². The van der Waals surface area contributed by atoms with Crippen molar-refractivity contribution in [3.8, 4) is 11.5 Å². The van der Waals surface area contributed by atoms with Gasteiger partial charge in [-0.2, -0.15) is 0 Å². The Labute approximate surface area is 151 Å². The van der Waals surface area contributed by atoms with Crippen LogP contribution in [0.3, 0.4) is 0 Å². The lowest BCUT2D eigenvalue weighted by atomic mass is 10.2. The van der Waals surface area contributed by atoms with E-state index in [0.717, 1.165) is 5.56 Å². The number of methoxy groups -OCH3 is 1. The maximum Gasteiger partial charge on any atom is 0.331 e. The van der Waals surface area contributed by atoms with E-state index in [-0.39, 0.29) is 12.3 Å². The van der Waals surface area contributed by atoms with Crippen LogP contribution in [-0.2, 0) is 16.1 Å². The molecule has 2 aromatic rings. The van der Waals surface area contributed by atoms with E-state index in [0.29, 0.717) is 23.7 Å². The molecule has 0 aliphatic rings. The molecule has 0 aliphatic carbocycles. The molecule has 0 aromatic heterocycles. The van der Waals surface area contributed by atoms with Crippen molar-refractivity contribution in [3.63, 3.8) is 0 Å². The highest BCUT2D eigenvalue weighted by Crippen LogP contribution is 2.28. The van der Waals surface area contributed by atoms with Crippen LogP contribution >= 0.6 is 0 Å². The number of rotatable bonds is 8. The van der Waals surface area contributed by atoms with Crippen LogP contribution in [0, 0.1) is 10.1 Å². The summed E-state index contributed by atoms with van der Waals surface area (Å²) in [5, 5.41) is 10.6. The Hall–Kier alpha value is -3.35. The first kappa shape index (κ1) is 19.0. The van der Waals surface area contributed by atoms with E-state index in [2.05, 4.69) is 0 Å². The van der Waals surface area contributed by atoms with Gasteiger partial charge in [-0.25, -0.2) is 4.79 Å². The lowest BCUT2D eigenvalue weighted by Crippen LogP contribution is -2.01. The van der Waals surface area contributed by atoms with Crippen molar-refractivity contribution in [1.82, 2.24) is 0 Å². The average Bonchev–Trinajstić information content (AvgIpc) is 2.65. The van der Waals surface area contributed by atoms with E-state index in [1.807, 2.05) is 6.92 Å². The first-order valence-electron chi connectivity index (χ1n) is 7.92. The van der Waals surface area contributed by atoms with Gasteiger partial charge in [0, 0.05) is 18.2 Å². The Bertz CT molecular complexity index is 798. The molecule has 0 atom stereocenters. The first-order chi connectivity index (χ1) is 12.5. The molecule has 0 saturated carbocycles. The van der Waals surface area contributed by atoms with Crippen LogP contribution in [0.15, 0.2) is 48.5 Å². The zero-order valence-electron chi connectivity index (χ0n) is 14.5. The van der Waals surface area contributed by atoms with E-state index < -0.39 is 10.9 Å². The second kappa shape index (κ2) is 9.22. The monoisotopic (exact) mass is 357 g/mol. The van der Waals surface area contributed by atoms with E-state index in [1.165, 1.54) is 18.2 Å². The number of hydrogen-bond acceptors (Lipinski definition) is 6. The summed E-state index contributed by atoms with van der Waals surface area (Å²) in [5.74, 6) is 0.693. The fraction of sp³-hybridized carbons (Fsp3) is 0.211. The number of esters is 1. The molecule has 0 amide bonds. The maximum absolute atomic E-state index is 11.8. The van der Waals surface area contributed by atoms with Gasteiger partial charge in [0.1, 0.15) is 6.61 Å². The second-order valence-corrected chi connectivity index (χ2v) is 5.21. The van der Waals surface area contributed by atoms with Gasteiger partial charge in [0.05, 0.1) is 18.6 Å². The number of carbonyl (C=O) groups is 1. The number of nitro groups is 1. The van der Waals surface area contributed by atoms with E-state index in [1.54, 1.807) is 43.5 Å². The molecule has 0 aliphatic heterocycles. The summed E-state index contributed by atoms with van der Waals surface area (Å²) >= 11 is 0. The minimum absolute atomic E-state index is 0.00965. The quantitative estimate of drug-likeness (QED) is 0.309. The average molecular weight is 357 g/mol. The molecule has 0 N–H and O–H groups in total. The summed E-state index contributed by atoms with van der Waals surface area (Å²) in [7, 11) is 1.56. The summed E-state index contributed by atoms with van der Waals surface area (Å²) in [6.07, 6.45) is 2.92. The van der Waals surface area contributed by atoms with Gasteiger partial charge in [-0.15, -0.1) is 0 Å². The number of benzene rings is 2. The molecule has 0 spiro atoms. The number of nitrogens with zero attached hydrogens (tertiary/aromatic N) is 1. The first-order valence-corrected chi connectivity index (χ1v) is 7.92. The summed E-state index contributed by atoms with van der Waals surface area (Å²) in [6, 6.07) is 11.1. The predicted octanol–water partition coefficient (Wildman–Crippen LogP) is 3.76. The predicted molar refractivity (Wildman–Crippen MR) is 96.1 cm³/mol. The third-order valence-electron chi connectivity index (χ3n) is 3.43. The molecule has 7 heteroatoms. The summed E-state index contributed by atoms with van der Waals surface area (Å²) in [5.41, 5.74) is 1.42. The van der Waals surface area contributed by atoms with Crippen molar-refractivity contribution in [3.05, 3.63) is 69.8 Å². The molecular formula is C19H19NO6. The van der Waals surface area contributed by atoms with E-state index >= 15 is 0 Å². The van der Waals surface area contributed by atoms with Gasteiger partial charge in [0.25, 0.3) is 5.69 Å². The summed E-state index contributed by atoms with van der Waals surface area (Å²) < 4.78 is 15.8. The molecule has 0 bridgehead atoms. The smallest absolute Gasteiger partial charge is 0.331 e. The largest absolute Gasteiger partial charge is 0.493 e. The molecule has 0 radical (unpaired) electrons.